The molecule has 0 spiro atoms. The van der Waals surface area contributed by atoms with Gasteiger partial charge in [0.1, 0.15) is 18.4 Å². The van der Waals surface area contributed by atoms with Crippen LogP contribution in [0.3, 0.4) is 0 Å². The number of non-ortho nitro benzene ring substituents is 1. The predicted octanol–water partition coefficient (Wildman–Crippen LogP) is 1.30. The number of carboxylic acids is 1. The van der Waals surface area contributed by atoms with Gasteiger partial charge < -0.3 is 34.4 Å². The van der Waals surface area contributed by atoms with Crippen molar-refractivity contribution >= 4 is 35.4 Å². The molecule has 15 heteroatoms. The smallest absolute Gasteiger partial charge is 0.410 e. The van der Waals surface area contributed by atoms with E-state index < -0.39 is 59.4 Å². The van der Waals surface area contributed by atoms with E-state index in [1.165, 1.54) is 52.8 Å². The van der Waals surface area contributed by atoms with E-state index in [9.17, 15) is 39.8 Å². The van der Waals surface area contributed by atoms with Gasteiger partial charge in [-0.15, -0.1) is 11.8 Å². The minimum absolute atomic E-state index is 0.0871. The summed E-state index contributed by atoms with van der Waals surface area (Å²) in [5.41, 5.74) is 0.368. The average molecular weight is 594 g/mol. The van der Waals surface area contributed by atoms with Gasteiger partial charge in [-0.2, -0.15) is 0 Å². The van der Waals surface area contributed by atoms with E-state index >= 15 is 0 Å². The first kappa shape index (κ1) is 29.3. The minimum Gasteiger partial charge on any atom is -0.477 e. The number of nitro benzene ring substituents is 1. The van der Waals surface area contributed by atoms with Crippen LogP contribution in [0.5, 0.6) is 0 Å². The summed E-state index contributed by atoms with van der Waals surface area (Å²) >= 11 is 1.28. The summed E-state index contributed by atoms with van der Waals surface area (Å²) in [4.78, 5) is 51.8. The molecule has 8 atom stereocenters. The van der Waals surface area contributed by atoms with E-state index in [1.54, 1.807) is 0 Å². The number of benzene rings is 1. The van der Waals surface area contributed by atoms with Gasteiger partial charge in [-0.25, -0.2) is 9.59 Å². The van der Waals surface area contributed by atoms with Gasteiger partial charge in [0.2, 0.25) is 5.91 Å². The van der Waals surface area contributed by atoms with Crippen molar-refractivity contribution in [2.45, 2.75) is 62.7 Å². The van der Waals surface area contributed by atoms with Crippen LogP contribution in [0.15, 0.2) is 34.9 Å². The lowest BCUT2D eigenvalue weighted by Gasteiger charge is -2.46. The van der Waals surface area contributed by atoms with Crippen molar-refractivity contribution in [1.82, 2.24) is 9.80 Å². The number of amides is 2. The number of aliphatic hydroxyl groups excluding tert-OH is 2. The van der Waals surface area contributed by atoms with Gasteiger partial charge in [0.15, 0.2) is 6.29 Å². The number of nitro groups is 1. The molecule has 2 unspecified atom stereocenters. The number of aliphatic hydroxyl groups is 2. The van der Waals surface area contributed by atoms with Gasteiger partial charge in [0.25, 0.3) is 5.69 Å². The Morgan fingerprint density at radius 3 is 2.59 bits per heavy atom. The zero-order chi connectivity index (χ0) is 29.6. The molecular weight excluding hydrogens is 562 g/mol. The molecule has 1 aromatic carbocycles. The molecule has 0 aliphatic carbocycles. The Morgan fingerprint density at radius 1 is 1.29 bits per heavy atom. The number of rotatable bonds is 9. The summed E-state index contributed by atoms with van der Waals surface area (Å²) in [5, 5.41) is 40.2. The molecule has 1 aromatic rings. The first-order valence-electron chi connectivity index (χ1n) is 13.2. The number of carbonyl (C=O) groups excluding carboxylic acids is 2. The van der Waals surface area contributed by atoms with Crippen molar-refractivity contribution in [3.05, 3.63) is 50.5 Å². The lowest BCUT2D eigenvalue weighted by Crippen LogP contribution is -2.63. The molecule has 2 amide bonds. The topological polar surface area (TPSA) is 189 Å². The maximum atomic E-state index is 13.2. The number of thioether (sulfide) groups is 1. The van der Waals surface area contributed by atoms with Crippen LogP contribution in [0, 0.1) is 22.0 Å². The second-order valence-corrected chi connectivity index (χ2v) is 11.9. The minimum atomic E-state index is -1.23. The van der Waals surface area contributed by atoms with Crippen LogP contribution in [0.2, 0.25) is 0 Å². The average Bonchev–Trinajstić information content (AvgIpc) is 3.63. The van der Waals surface area contributed by atoms with Gasteiger partial charge >= 0.3 is 12.1 Å². The van der Waals surface area contributed by atoms with Crippen LogP contribution in [0.4, 0.5) is 10.5 Å². The first-order valence-corrected chi connectivity index (χ1v) is 14.1. The summed E-state index contributed by atoms with van der Waals surface area (Å²) in [7, 11) is 0. The second-order valence-electron chi connectivity index (χ2n) is 10.6. The largest absolute Gasteiger partial charge is 0.477 e. The number of carboxylic acid groups (broad SMARTS) is 1. The van der Waals surface area contributed by atoms with Crippen molar-refractivity contribution < 1.29 is 48.8 Å². The number of hydrogen-bond donors (Lipinski definition) is 3. The van der Waals surface area contributed by atoms with Crippen molar-refractivity contribution in [3.63, 3.8) is 0 Å². The molecule has 41 heavy (non-hydrogen) atoms. The Labute approximate surface area is 239 Å². The number of β-lactam (4-membered cyclic amide) rings is 1. The van der Waals surface area contributed by atoms with Crippen LogP contribution in [-0.4, -0.2) is 104 Å². The summed E-state index contributed by atoms with van der Waals surface area (Å²) in [5.74, 6) is -2.67. The number of ether oxygens (including phenoxy) is 3. The fraction of sp³-hybridized carbons (Fsp3) is 0.577. The Morgan fingerprint density at radius 2 is 2.00 bits per heavy atom. The van der Waals surface area contributed by atoms with E-state index in [2.05, 4.69) is 0 Å². The van der Waals surface area contributed by atoms with Crippen LogP contribution in [-0.2, 0) is 30.4 Å². The summed E-state index contributed by atoms with van der Waals surface area (Å²) in [6.07, 6.45) is -2.61. The molecule has 0 bridgehead atoms. The fourth-order valence-electron chi connectivity index (χ4n) is 5.95. The first-order chi connectivity index (χ1) is 19.5. The Bertz CT molecular complexity index is 1260. The van der Waals surface area contributed by atoms with E-state index in [0.717, 1.165) is 0 Å². The van der Waals surface area contributed by atoms with Crippen LogP contribution >= 0.6 is 11.8 Å². The van der Waals surface area contributed by atoms with E-state index in [0.29, 0.717) is 16.9 Å². The zero-order valence-electron chi connectivity index (χ0n) is 22.3. The number of likely N-dealkylation sites (tertiary alicyclic amines) is 1. The van der Waals surface area contributed by atoms with E-state index in [4.69, 9.17) is 14.2 Å². The highest BCUT2D eigenvalue weighted by Crippen LogP contribution is 2.52. The molecular formula is C26H31N3O11S. The lowest BCUT2D eigenvalue weighted by atomic mass is 9.79. The highest BCUT2D eigenvalue weighted by Gasteiger charge is 2.60. The molecule has 4 aliphatic heterocycles. The lowest BCUT2D eigenvalue weighted by molar-refractivity contribution is -0.384. The highest BCUT2D eigenvalue weighted by molar-refractivity contribution is 8.03. The molecule has 5 rings (SSSR count). The number of hydrogen-bond acceptors (Lipinski definition) is 11. The summed E-state index contributed by atoms with van der Waals surface area (Å²) < 4.78 is 17.0. The predicted molar refractivity (Wildman–Crippen MR) is 141 cm³/mol. The molecule has 3 N–H and O–H groups in total. The van der Waals surface area contributed by atoms with Crippen LogP contribution < -0.4 is 0 Å². The number of nitrogens with zero attached hydrogens (tertiary/aromatic N) is 3. The standard InChI is InChI=1S/C26H31N3O11S/c1-12-20-19(13(2)31)23(32)28(20)21(24(33)34)22(12)41-17-7-18(25-38-11-16(9-30)40-25)27(8-17)26(35)39-10-14-3-5-15(6-4-14)29(36)37/h3-6,12-13,16-20,25,30-31H,7-11H2,1-2H3,(H,33,34)/t12-,13-,16?,17+,18+,19-,20-,25?/m1/s1. The Balaban J connectivity index is 1.32. The van der Waals surface area contributed by atoms with Crippen molar-refractivity contribution in [1.29, 1.82) is 0 Å². The van der Waals surface area contributed by atoms with Crippen LogP contribution in [0.1, 0.15) is 25.8 Å². The molecule has 222 valence electrons. The van der Waals surface area contributed by atoms with Gasteiger partial charge in [0, 0.05) is 34.8 Å². The number of fused-ring (bicyclic) bond motifs is 1. The normalized spacial score (nSPS) is 31.7. The van der Waals surface area contributed by atoms with E-state index in [1.807, 2.05) is 6.92 Å². The molecule has 0 saturated carbocycles. The maximum absolute atomic E-state index is 13.2. The quantitative estimate of drug-likeness (QED) is 0.212. The Hall–Kier alpha value is -3.24. The molecule has 4 heterocycles. The molecule has 3 saturated heterocycles. The van der Waals surface area contributed by atoms with Crippen LogP contribution in [0.25, 0.3) is 0 Å². The van der Waals surface area contributed by atoms with E-state index in [-0.39, 0.29) is 48.9 Å². The third-order valence-electron chi connectivity index (χ3n) is 7.94. The Kier molecular flexibility index (Phi) is 8.25. The summed E-state index contributed by atoms with van der Waals surface area (Å²) in [6, 6.07) is 4.57. The number of carbonyl (C=O) groups is 3. The third-order valence-corrected chi connectivity index (χ3v) is 9.44. The zero-order valence-corrected chi connectivity index (χ0v) is 23.1. The summed E-state index contributed by atoms with van der Waals surface area (Å²) in [6.45, 7) is 3.27. The SMILES string of the molecule is C[C@@H](O)[C@H]1C(=O)N2C(C(=O)O)=C(S[C@H]3C[C@@H](C4OCC(CO)O4)N(C(=O)OCc4ccc([N+](=O)[O-])cc4)C3)[C@H](C)[C@H]12. The van der Waals surface area contributed by atoms with Gasteiger partial charge in [-0.1, -0.05) is 6.92 Å². The molecule has 14 nitrogen and oxygen atoms in total. The van der Waals surface area contributed by atoms with Gasteiger partial charge in [-0.05, 0) is 31.0 Å². The van der Waals surface area contributed by atoms with Crippen molar-refractivity contribution in [2.24, 2.45) is 11.8 Å². The highest BCUT2D eigenvalue weighted by atomic mass is 32.2. The van der Waals surface area contributed by atoms with Gasteiger partial charge in [-0.3, -0.25) is 19.8 Å². The molecule has 0 radical (unpaired) electrons. The van der Waals surface area contributed by atoms with Crippen molar-refractivity contribution in [3.8, 4) is 0 Å². The van der Waals surface area contributed by atoms with Crippen molar-refractivity contribution in [2.75, 3.05) is 19.8 Å². The maximum Gasteiger partial charge on any atom is 0.410 e. The molecule has 4 aliphatic rings. The monoisotopic (exact) mass is 593 g/mol. The van der Waals surface area contributed by atoms with Gasteiger partial charge in [0.05, 0.1) is 42.2 Å². The fourth-order valence-corrected chi connectivity index (χ4v) is 7.49. The molecule has 0 aromatic heterocycles. The third kappa shape index (κ3) is 5.39. The number of aliphatic carboxylic acids is 1. The molecule has 3 fully saturated rings. The second kappa shape index (κ2) is 11.6.